The lowest BCUT2D eigenvalue weighted by Crippen LogP contribution is -2.13. The van der Waals surface area contributed by atoms with Crippen LogP contribution >= 0.6 is 0 Å². The van der Waals surface area contributed by atoms with E-state index in [1.807, 2.05) is 26.0 Å². The molecule has 0 saturated carbocycles. The van der Waals surface area contributed by atoms with Crippen LogP contribution in [0.3, 0.4) is 0 Å². The van der Waals surface area contributed by atoms with E-state index in [1.165, 1.54) is 12.1 Å². The summed E-state index contributed by atoms with van der Waals surface area (Å²) in [5, 5.41) is 3.56. The molecular weight excluding hydrogens is 413 g/mol. The van der Waals surface area contributed by atoms with Gasteiger partial charge in [-0.2, -0.15) is 4.98 Å². The van der Waals surface area contributed by atoms with Crippen LogP contribution in [0, 0.1) is 19.7 Å². The van der Waals surface area contributed by atoms with Crippen LogP contribution < -0.4 is 5.32 Å². The quantitative estimate of drug-likeness (QED) is 0.614. The summed E-state index contributed by atoms with van der Waals surface area (Å²) < 4.78 is 49.8. The molecule has 0 fully saturated rings. The van der Waals surface area contributed by atoms with Crippen molar-refractivity contribution in [1.82, 2.24) is 9.97 Å². The minimum Gasteiger partial charge on any atom is -0.610 e. The largest absolute Gasteiger partial charge is 0.610 e. The molecule has 9 heteroatoms. The number of halogens is 1. The number of benzene rings is 2. The van der Waals surface area contributed by atoms with E-state index in [-0.39, 0.29) is 10.9 Å². The summed E-state index contributed by atoms with van der Waals surface area (Å²) in [7, 11) is -3.63. The molecule has 1 N–H and O–H groups in total. The monoisotopic (exact) mass is 435 g/mol. The molecule has 0 saturated heterocycles. The molecule has 2 atom stereocenters. The predicted molar refractivity (Wildman–Crippen MR) is 113 cm³/mol. The second-order valence-electron chi connectivity index (χ2n) is 7.07. The minimum absolute atomic E-state index is 0.112. The Morgan fingerprint density at radius 2 is 1.86 bits per heavy atom. The maximum Gasteiger partial charge on any atom is 0.266 e. The van der Waals surface area contributed by atoms with Gasteiger partial charge in [0.2, 0.25) is 0 Å². The van der Waals surface area contributed by atoms with E-state index in [1.54, 1.807) is 13.2 Å². The van der Waals surface area contributed by atoms with E-state index in [9.17, 15) is 17.4 Å². The highest BCUT2D eigenvalue weighted by molar-refractivity contribution is 7.91. The smallest absolute Gasteiger partial charge is 0.266 e. The molecular formula is C20H22FN3O3S2. The van der Waals surface area contributed by atoms with Gasteiger partial charge in [0.15, 0.2) is 9.84 Å². The Morgan fingerprint density at radius 3 is 2.48 bits per heavy atom. The summed E-state index contributed by atoms with van der Waals surface area (Å²) in [5.41, 5.74) is 3.91. The maximum atomic E-state index is 13.6. The molecule has 2 aromatic carbocycles. The molecule has 0 aliphatic heterocycles. The Bertz CT molecular complexity index is 1200. The average molecular weight is 436 g/mol. The lowest BCUT2D eigenvalue weighted by atomic mass is 10.0. The molecule has 1 aromatic heterocycles. The zero-order chi connectivity index (χ0) is 21.5. The summed E-state index contributed by atoms with van der Waals surface area (Å²) in [6, 6.07) is 7.07. The second kappa shape index (κ2) is 7.89. The number of anilines is 1. The van der Waals surface area contributed by atoms with Gasteiger partial charge in [-0.15, -0.1) is 0 Å². The average Bonchev–Trinajstić information content (AvgIpc) is 2.60. The Labute approximate surface area is 172 Å². The first-order valence-electron chi connectivity index (χ1n) is 8.86. The number of hydrogen-bond donors (Lipinski definition) is 1. The molecule has 3 aromatic rings. The first kappa shape index (κ1) is 21.5. The van der Waals surface area contributed by atoms with Crippen LogP contribution in [0.2, 0.25) is 0 Å². The van der Waals surface area contributed by atoms with Crippen molar-refractivity contribution >= 4 is 37.7 Å². The molecule has 1 unspecified atom stereocenters. The van der Waals surface area contributed by atoms with Crippen molar-refractivity contribution in [2.24, 2.45) is 0 Å². The van der Waals surface area contributed by atoms with E-state index < -0.39 is 26.8 Å². The highest BCUT2D eigenvalue weighted by atomic mass is 32.2. The van der Waals surface area contributed by atoms with E-state index >= 15 is 0 Å². The molecule has 154 valence electrons. The maximum absolute atomic E-state index is 13.6. The zero-order valence-electron chi connectivity index (χ0n) is 16.8. The fraction of sp³-hybridized carbons (Fsp3) is 0.300. The summed E-state index contributed by atoms with van der Waals surface area (Å²) >= 11 is -1.29. The van der Waals surface area contributed by atoms with Crippen LogP contribution in [-0.2, 0) is 21.0 Å². The van der Waals surface area contributed by atoms with Gasteiger partial charge in [0.05, 0.1) is 27.7 Å². The number of sulfone groups is 1. The molecule has 3 rings (SSSR count). The summed E-state index contributed by atoms with van der Waals surface area (Å²) in [6.45, 7) is 5.55. The molecule has 29 heavy (non-hydrogen) atoms. The van der Waals surface area contributed by atoms with Crippen LogP contribution in [0.15, 0.2) is 40.3 Å². The molecule has 0 aliphatic rings. The number of aromatic nitrogens is 2. The van der Waals surface area contributed by atoms with Gasteiger partial charge < -0.3 is 9.87 Å². The van der Waals surface area contributed by atoms with E-state index in [2.05, 4.69) is 15.3 Å². The van der Waals surface area contributed by atoms with Crippen molar-refractivity contribution in [3.05, 3.63) is 53.0 Å². The lowest BCUT2D eigenvalue weighted by Gasteiger charge is -2.20. The SMILES string of the molecule is Cc1cc([C@@H](C)Nc2ccc(F)cc2S(C)(=O)=O)c2nc([S+](C)[O-])c(C)nc2c1. The fourth-order valence-electron chi connectivity index (χ4n) is 3.24. The molecule has 0 spiro atoms. The second-order valence-corrected chi connectivity index (χ2v) is 10.3. The predicted octanol–water partition coefficient (Wildman–Crippen LogP) is 3.70. The Morgan fingerprint density at radius 1 is 1.17 bits per heavy atom. The standard InChI is InChI=1S/C20H22FN3O3S2/c1-11-8-15(19-17(9-11)23-13(3)20(24-19)28(4)25)12(2)22-16-7-6-14(21)10-18(16)29(5,26)27/h6-10,12,22H,1-5H3/t12-,28?/m1/s1. The third-order valence-corrected chi connectivity index (χ3v) is 6.60. The van der Waals surface area contributed by atoms with Gasteiger partial charge in [-0.05, 0) is 50.6 Å². The topological polar surface area (TPSA) is 95.0 Å². The van der Waals surface area contributed by atoms with Crippen LogP contribution in [0.5, 0.6) is 0 Å². The fourth-order valence-corrected chi connectivity index (χ4v) is 4.78. The minimum atomic E-state index is -3.63. The van der Waals surface area contributed by atoms with E-state index in [4.69, 9.17) is 0 Å². The molecule has 0 bridgehead atoms. The van der Waals surface area contributed by atoms with E-state index in [0.29, 0.717) is 27.4 Å². The molecule has 1 heterocycles. The van der Waals surface area contributed by atoms with Crippen LogP contribution in [0.1, 0.15) is 29.8 Å². The Kier molecular flexibility index (Phi) is 5.84. The summed E-state index contributed by atoms with van der Waals surface area (Å²) in [4.78, 5) is 9.02. The lowest BCUT2D eigenvalue weighted by molar-refractivity contribution is 0.595. The summed E-state index contributed by atoms with van der Waals surface area (Å²) in [6.07, 6.45) is 2.59. The number of fused-ring (bicyclic) bond motifs is 1. The van der Waals surface area contributed by atoms with Gasteiger partial charge in [0.25, 0.3) is 5.03 Å². The molecule has 0 aliphatic carbocycles. The number of nitrogens with zero attached hydrogens (tertiary/aromatic N) is 2. The van der Waals surface area contributed by atoms with Gasteiger partial charge in [-0.3, -0.25) is 0 Å². The normalized spacial score (nSPS) is 14.0. The van der Waals surface area contributed by atoms with Crippen LogP contribution in [0.25, 0.3) is 11.0 Å². The van der Waals surface area contributed by atoms with Crippen molar-refractivity contribution in [2.75, 3.05) is 17.8 Å². The molecule has 6 nitrogen and oxygen atoms in total. The Hall–Kier alpha value is -2.23. The van der Waals surface area contributed by atoms with Crippen molar-refractivity contribution in [3.8, 4) is 0 Å². The van der Waals surface area contributed by atoms with Crippen molar-refractivity contribution in [3.63, 3.8) is 0 Å². The van der Waals surface area contributed by atoms with Gasteiger partial charge in [0.1, 0.15) is 17.8 Å². The first-order valence-corrected chi connectivity index (χ1v) is 12.3. The van der Waals surface area contributed by atoms with Gasteiger partial charge in [-0.1, -0.05) is 6.07 Å². The first-order chi connectivity index (χ1) is 13.5. The van der Waals surface area contributed by atoms with Crippen molar-refractivity contribution < 1.29 is 17.4 Å². The van der Waals surface area contributed by atoms with Gasteiger partial charge >= 0.3 is 0 Å². The van der Waals surface area contributed by atoms with E-state index in [0.717, 1.165) is 23.4 Å². The third-order valence-electron chi connectivity index (χ3n) is 4.53. The van der Waals surface area contributed by atoms with Gasteiger partial charge in [-0.25, -0.2) is 17.8 Å². The van der Waals surface area contributed by atoms with Crippen LogP contribution in [0.4, 0.5) is 10.1 Å². The number of aryl methyl sites for hydroxylation is 2. The highest BCUT2D eigenvalue weighted by Gasteiger charge is 2.21. The van der Waals surface area contributed by atoms with Crippen molar-refractivity contribution in [2.45, 2.75) is 36.7 Å². The van der Waals surface area contributed by atoms with Crippen molar-refractivity contribution in [1.29, 1.82) is 0 Å². The highest BCUT2D eigenvalue weighted by Crippen LogP contribution is 2.31. The Balaban J connectivity index is 2.13. The van der Waals surface area contributed by atoms with Crippen LogP contribution in [-0.4, -0.2) is 35.5 Å². The number of hydrogen-bond acceptors (Lipinski definition) is 6. The summed E-state index contributed by atoms with van der Waals surface area (Å²) in [5.74, 6) is -0.624. The third kappa shape index (κ3) is 4.52. The van der Waals surface area contributed by atoms with Gasteiger partial charge in [0, 0.05) is 23.0 Å². The number of nitrogens with one attached hydrogen (secondary N) is 1. The zero-order valence-corrected chi connectivity index (χ0v) is 18.4. The molecule has 0 radical (unpaired) electrons. The number of rotatable bonds is 5. The molecule has 0 amide bonds.